The summed E-state index contributed by atoms with van der Waals surface area (Å²) < 4.78 is 4.88. The fraction of sp³-hybridized carbons (Fsp3) is 0.438. The molecule has 1 aromatic rings. The molecule has 21 heavy (non-hydrogen) atoms. The van der Waals surface area contributed by atoms with E-state index < -0.39 is 0 Å². The van der Waals surface area contributed by atoms with Gasteiger partial charge in [0.15, 0.2) is 5.78 Å². The van der Waals surface area contributed by atoms with Crippen molar-refractivity contribution in [3.63, 3.8) is 0 Å². The minimum absolute atomic E-state index is 0.0619. The smallest absolute Gasteiger partial charge is 0.307 e. The van der Waals surface area contributed by atoms with E-state index in [9.17, 15) is 14.4 Å². The maximum Gasteiger partial charge on any atom is 0.307 e. The molecule has 1 aromatic carbocycles. The fourth-order valence-corrected chi connectivity index (χ4v) is 1.68. The van der Waals surface area contributed by atoms with E-state index in [0.717, 1.165) is 6.42 Å². The maximum absolute atomic E-state index is 11.8. The number of carbonyl (C=O) groups is 3. The number of hydrogen-bond acceptors (Lipinski definition) is 4. The van der Waals surface area contributed by atoms with Crippen molar-refractivity contribution in [1.29, 1.82) is 0 Å². The maximum atomic E-state index is 11.8. The Hall–Kier alpha value is -2.17. The molecule has 0 aliphatic heterocycles. The molecule has 0 fully saturated rings. The highest BCUT2D eigenvalue weighted by Gasteiger charge is 2.09. The minimum atomic E-state index is -0.322. The van der Waals surface area contributed by atoms with Crippen LogP contribution >= 0.6 is 0 Å². The molecule has 0 saturated carbocycles. The first-order valence-corrected chi connectivity index (χ1v) is 7.14. The van der Waals surface area contributed by atoms with Crippen molar-refractivity contribution >= 4 is 17.7 Å². The van der Waals surface area contributed by atoms with Crippen LogP contribution in [0.3, 0.4) is 0 Å². The summed E-state index contributed by atoms with van der Waals surface area (Å²) in [5, 5.41) is 2.60. The molecule has 0 unspecified atom stereocenters. The van der Waals surface area contributed by atoms with Crippen LogP contribution in [0.5, 0.6) is 0 Å². The van der Waals surface area contributed by atoms with Gasteiger partial charge in [0.25, 0.3) is 0 Å². The van der Waals surface area contributed by atoms with Crippen LogP contribution in [-0.2, 0) is 14.3 Å². The van der Waals surface area contributed by atoms with Gasteiger partial charge in [-0.05, 0) is 6.42 Å². The molecule has 0 aromatic heterocycles. The zero-order valence-electron chi connectivity index (χ0n) is 12.3. The summed E-state index contributed by atoms with van der Waals surface area (Å²) in [6.45, 7) is 2.55. The molecule has 0 spiro atoms. The average molecular weight is 291 g/mol. The molecule has 1 amide bonds. The largest absolute Gasteiger partial charge is 0.466 e. The van der Waals surface area contributed by atoms with Crippen molar-refractivity contribution in [3.8, 4) is 0 Å². The third-order valence-corrected chi connectivity index (χ3v) is 2.79. The number of ether oxygens (including phenoxy) is 1. The number of hydrogen-bond donors (Lipinski definition) is 1. The van der Waals surface area contributed by atoms with Crippen LogP contribution in [0.1, 0.15) is 43.0 Å². The molecule has 5 nitrogen and oxygen atoms in total. The van der Waals surface area contributed by atoms with Crippen LogP contribution in [0.15, 0.2) is 30.3 Å². The second kappa shape index (κ2) is 9.69. The standard InChI is InChI=1S/C16H21NO4/c1-2-12-21-16(20)10-11-17-15(19)9-8-14(18)13-6-4-3-5-7-13/h3-7H,2,8-12H2,1H3,(H,17,19). The molecule has 0 saturated heterocycles. The molecule has 0 bridgehead atoms. The Morgan fingerprint density at radius 2 is 1.76 bits per heavy atom. The predicted molar refractivity (Wildman–Crippen MR) is 78.9 cm³/mol. The van der Waals surface area contributed by atoms with Crippen molar-refractivity contribution in [2.24, 2.45) is 0 Å². The van der Waals surface area contributed by atoms with Gasteiger partial charge in [-0.1, -0.05) is 37.3 Å². The van der Waals surface area contributed by atoms with Gasteiger partial charge in [0, 0.05) is 24.9 Å². The summed E-state index contributed by atoms with van der Waals surface area (Å²) in [7, 11) is 0. The molecule has 1 rings (SSSR count). The second-order valence-electron chi connectivity index (χ2n) is 4.61. The summed E-state index contributed by atoms with van der Waals surface area (Å²) in [5.41, 5.74) is 0.605. The van der Waals surface area contributed by atoms with Crippen molar-refractivity contribution in [3.05, 3.63) is 35.9 Å². The first-order valence-electron chi connectivity index (χ1n) is 7.14. The topological polar surface area (TPSA) is 72.5 Å². The fourth-order valence-electron chi connectivity index (χ4n) is 1.68. The Kier molecular flexibility index (Phi) is 7.79. The molecule has 0 aliphatic carbocycles. The number of benzene rings is 1. The van der Waals surface area contributed by atoms with E-state index in [2.05, 4.69) is 5.32 Å². The molecular weight excluding hydrogens is 270 g/mol. The highest BCUT2D eigenvalue weighted by molar-refractivity contribution is 5.97. The molecule has 0 atom stereocenters. The van der Waals surface area contributed by atoms with E-state index in [4.69, 9.17) is 4.74 Å². The number of amides is 1. The lowest BCUT2D eigenvalue weighted by Crippen LogP contribution is -2.26. The first kappa shape index (κ1) is 16.9. The summed E-state index contributed by atoms with van der Waals surface area (Å²) in [6, 6.07) is 8.86. The Bertz CT molecular complexity index is 470. The third kappa shape index (κ3) is 7.25. The van der Waals surface area contributed by atoms with E-state index in [0.29, 0.717) is 12.2 Å². The monoisotopic (exact) mass is 291 g/mol. The van der Waals surface area contributed by atoms with Gasteiger partial charge in [0.2, 0.25) is 5.91 Å². The predicted octanol–water partition coefficient (Wildman–Crippen LogP) is 2.11. The van der Waals surface area contributed by atoms with Crippen LogP contribution in [0.25, 0.3) is 0 Å². The van der Waals surface area contributed by atoms with Gasteiger partial charge in [-0.25, -0.2) is 0 Å². The third-order valence-electron chi connectivity index (χ3n) is 2.79. The van der Waals surface area contributed by atoms with E-state index in [1.54, 1.807) is 24.3 Å². The van der Waals surface area contributed by atoms with Crippen LogP contribution in [0.2, 0.25) is 0 Å². The first-order chi connectivity index (χ1) is 10.1. The second-order valence-corrected chi connectivity index (χ2v) is 4.61. The van der Waals surface area contributed by atoms with Crippen molar-refractivity contribution in [2.45, 2.75) is 32.6 Å². The normalized spacial score (nSPS) is 9.95. The average Bonchev–Trinajstić information content (AvgIpc) is 2.51. The summed E-state index contributed by atoms with van der Waals surface area (Å²) in [6.07, 6.45) is 1.21. The quantitative estimate of drug-likeness (QED) is 0.558. The summed E-state index contributed by atoms with van der Waals surface area (Å²) in [4.78, 5) is 34.6. The number of esters is 1. The van der Waals surface area contributed by atoms with Crippen molar-refractivity contribution in [2.75, 3.05) is 13.2 Å². The number of carbonyl (C=O) groups excluding carboxylic acids is 3. The van der Waals surface area contributed by atoms with Crippen LogP contribution in [0.4, 0.5) is 0 Å². The van der Waals surface area contributed by atoms with Gasteiger partial charge in [-0.2, -0.15) is 0 Å². The number of nitrogens with one attached hydrogen (secondary N) is 1. The molecule has 5 heteroatoms. The number of ketones is 1. The van der Waals surface area contributed by atoms with Gasteiger partial charge in [-0.3, -0.25) is 14.4 Å². The van der Waals surface area contributed by atoms with Gasteiger partial charge >= 0.3 is 5.97 Å². The van der Waals surface area contributed by atoms with Gasteiger partial charge in [0.05, 0.1) is 13.0 Å². The highest BCUT2D eigenvalue weighted by atomic mass is 16.5. The number of Topliss-reactive ketones (excluding diaryl/α,β-unsaturated/α-hetero) is 1. The van der Waals surface area contributed by atoms with E-state index in [1.165, 1.54) is 0 Å². The zero-order valence-corrected chi connectivity index (χ0v) is 12.3. The Balaban J connectivity index is 2.17. The summed E-state index contributed by atoms with van der Waals surface area (Å²) in [5.74, 6) is -0.617. The molecular formula is C16H21NO4. The van der Waals surface area contributed by atoms with Crippen LogP contribution in [0, 0.1) is 0 Å². The van der Waals surface area contributed by atoms with Crippen molar-refractivity contribution < 1.29 is 19.1 Å². The molecule has 114 valence electrons. The van der Waals surface area contributed by atoms with E-state index >= 15 is 0 Å². The van der Waals surface area contributed by atoms with E-state index in [1.807, 2.05) is 13.0 Å². The molecule has 0 radical (unpaired) electrons. The Morgan fingerprint density at radius 1 is 1.05 bits per heavy atom. The molecule has 0 aliphatic rings. The Morgan fingerprint density at radius 3 is 2.43 bits per heavy atom. The van der Waals surface area contributed by atoms with E-state index in [-0.39, 0.29) is 43.5 Å². The summed E-state index contributed by atoms with van der Waals surface area (Å²) >= 11 is 0. The molecule has 0 heterocycles. The molecule has 1 N–H and O–H groups in total. The Labute approximate surface area is 124 Å². The SMILES string of the molecule is CCCOC(=O)CCNC(=O)CCC(=O)c1ccccc1. The highest BCUT2D eigenvalue weighted by Crippen LogP contribution is 2.04. The van der Waals surface area contributed by atoms with Crippen LogP contribution < -0.4 is 5.32 Å². The van der Waals surface area contributed by atoms with Crippen molar-refractivity contribution in [1.82, 2.24) is 5.32 Å². The lowest BCUT2D eigenvalue weighted by atomic mass is 10.1. The van der Waals surface area contributed by atoms with Crippen LogP contribution in [-0.4, -0.2) is 30.8 Å². The van der Waals surface area contributed by atoms with Gasteiger partial charge in [0.1, 0.15) is 0 Å². The number of rotatable bonds is 9. The lowest BCUT2D eigenvalue weighted by Gasteiger charge is -2.05. The minimum Gasteiger partial charge on any atom is -0.466 e. The lowest BCUT2D eigenvalue weighted by molar-refractivity contribution is -0.143. The van der Waals surface area contributed by atoms with Gasteiger partial charge in [-0.15, -0.1) is 0 Å². The zero-order chi connectivity index (χ0) is 15.5. The van der Waals surface area contributed by atoms with Gasteiger partial charge < -0.3 is 10.1 Å².